The first-order valence-corrected chi connectivity index (χ1v) is 15.5. The molecule has 0 aliphatic heterocycles. The van der Waals surface area contributed by atoms with E-state index < -0.39 is 16.1 Å². The molecule has 10 heteroatoms. The SMILES string of the molecule is CCNS(=O)(=O)c1ccc(CCC(=O)N(Cc2ccc(OC)cc2)C(C(=O)NCc2cccnc2)c2ccccc2)cc1. The van der Waals surface area contributed by atoms with Gasteiger partial charge < -0.3 is 15.0 Å². The first-order chi connectivity index (χ1) is 20.8. The molecule has 3 aromatic carbocycles. The molecule has 0 spiro atoms. The van der Waals surface area contributed by atoms with Crippen LogP contribution >= 0.6 is 0 Å². The van der Waals surface area contributed by atoms with E-state index in [0.717, 1.165) is 16.7 Å². The number of pyridine rings is 1. The highest BCUT2D eigenvalue weighted by Gasteiger charge is 2.31. The number of ether oxygens (including phenoxy) is 1. The second kappa shape index (κ2) is 15.1. The Morgan fingerprint density at radius 1 is 0.884 bits per heavy atom. The van der Waals surface area contributed by atoms with Crippen molar-refractivity contribution in [3.8, 4) is 5.75 Å². The lowest BCUT2D eigenvalue weighted by molar-refractivity contribution is -0.141. The Morgan fingerprint density at radius 2 is 1.58 bits per heavy atom. The molecule has 9 nitrogen and oxygen atoms in total. The third-order valence-electron chi connectivity index (χ3n) is 6.89. The Hall–Kier alpha value is -4.54. The fraction of sp³-hybridized carbons (Fsp3) is 0.242. The van der Waals surface area contributed by atoms with Crippen LogP contribution in [-0.2, 0) is 39.1 Å². The largest absolute Gasteiger partial charge is 0.497 e. The minimum Gasteiger partial charge on any atom is -0.497 e. The molecule has 1 aromatic heterocycles. The zero-order chi connectivity index (χ0) is 30.7. The monoisotopic (exact) mass is 600 g/mol. The van der Waals surface area contributed by atoms with Crippen molar-refractivity contribution in [1.29, 1.82) is 0 Å². The van der Waals surface area contributed by atoms with Gasteiger partial charge in [0.2, 0.25) is 21.8 Å². The van der Waals surface area contributed by atoms with Gasteiger partial charge in [0.25, 0.3) is 0 Å². The van der Waals surface area contributed by atoms with Gasteiger partial charge >= 0.3 is 0 Å². The molecule has 43 heavy (non-hydrogen) atoms. The summed E-state index contributed by atoms with van der Waals surface area (Å²) in [7, 11) is -1.98. The number of hydrogen-bond acceptors (Lipinski definition) is 6. The second-order valence-electron chi connectivity index (χ2n) is 9.91. The molecule has 2 amide bonds. The highest BCUT2D eigenvalue weighted by atomic mass is 32.2. The molecule has 4 rings (SSSR count). The van der Waals surface area contributed by atoms with Crippen LogP contribution in [0.15, 0.2) is 108 Å². The summed E-state index contributed by atoms with van der Waals surface area (Å²) in [6.45, 7) is 2.48. The topological polar surface area (TPSA) is 118 Å². The maximum Gasteiger partial charge on any atom is 0.247 e. The molecular formula is C33H36N4O5S. The molecular weight excluding hydrogens is 564 g/mol. The van der Waals surface area contributed by atoms with Crippen LogP contribution in [0.1, 0.15) is 41.6 Å². The molecule has 0 saturated carbocycles. The minimum absolute atomic E-state index is 0.120. The average Bonchev–Trinajstić information content (AvgIpc) is 3.04. The summed E-state index contributed by atoms with van der Waals surface area (Å²) in [5.41, 5.74) is 3.18. The molecule has 4 aromatic rings. The maximum absolute atomic E-state index is 14.0. The summed E-state index contributed by atoms with van der Waals surface area (Å²) in [5.74, 6) is 0.162. The van der Waals surface area contributed by atoms with Gasteiger partial charge in [-0.1, -0.05) is 67.6 Å². The van der Waals surface area contributed by atoms with Gasteiger partial charge in [0.05, 0.1) is 12.0 Å². The lowest BCUT2D eigenvalue weighted by atomic mass is 10.0. The standard InChI is InChI=1S/C33H36N4O5S/c1-3-36-43(40,41)30-18-13-25(14-19-30)15-20-31(38)37(24-26-11-16-29(42-2)17-12-26)32(28-9-5-4-6-10-28)33(39)35-23-27-8-7-21-34-22-27/h4-14,16-19,21-22,32,36H,3,15,20,23-24H2,1-2H3,(H,35,39). The Kier molecular flexibility index (Phi) is 11.0. The summed E-state index contributed by atoms with van der Waals surface area (Å²) >= 11 is 0. The first kappa shape index (κ1) is 31.4. The molecule has 0 saturated heterocycles. The molecule has 0 aliphatic carbocycles. The van der Waals surface area contributed by atoms with Crippen LogP contribution in [0, 0.1) is 0 Å². The Balaban J connectivity index is 1.60. The summed E-state index contributed by atoms with van der Waals surface area (Å²) in [4.78, 5) is 33.6. The maximum atomic E-state index is 14.0. The molecule has 0 aliphatic rings. The number of nitrogens with one attached hydrogen (secondary N) is 2. The zero-order valence-corrected chi connectivity index (χ0v) is 25.1. The Morgan fingerprint density at radius 3 is 2.21 bits per heavy atom. The van der Waals surface area contributed by atoms with E-state index in [-0.39, 0.29) is 36.2 Å². The Bertz CT molecular complexity index is 1580. The average molecular weight is 601 g/mol. The predicted octanol–water partition coefficient (Wildman–Crippen LogP) is 4.41. The predicted molar refractivity (Wildman–Crippen MR) is 164 cm³/mol. The number of carbonyl (C=O) groups excluding carboxylic acids is 2. The highest BCUT2D eigenvalue weighted by molar-refractivity contribution is 7.89. The third-order valence-corrected chi connectivity index (χ3v) is 8.45. The van der Waals surface area contributed by atoms with Crippen molar-refractivity contribution in [3.05, 3.63) is 126 Å². The molecule has 1 atom stereocenters. The normalized spacial score (nSPS) is 11.9. The number of benzene rings is 3. The summed E-state index contributed by atoms with van der Waals surface area (Å²) in [6.07, 6.45) is 3.85. The number of carbonyl (C=O) groups is 2. The number of sulfonamides is 1. The van der Waals surface area contributed by atoms with Gasteiger partial charge in [-0.25, -0.2) is 13.1 Å². The number of methoxy groups -OCH3 is 1. The molecule has 2 N–H and O–H groups in total. The number of rotatable bonds is 14. The summed E-state index contributed by atoms with van der Waals surface area (Å²) in [5, 5.41) is 2.99. The van der Waals surface area contributed by atoms with Gasteiger partial charge in [-0.2, -0.15) is 0 Å². The van der Waals surface area contributed by atoms with Gasteiger partial charge in [-0.15, -0.1) is 0 Å². The van der Waals surface area contributed by atoms with Crippen molar-refractivity contribution >= 4 is 21.8 Å². The molecule has 1 heterocycles. The first-order valence-electron chi connectivity index (χ1n) is 14.0. The third kappa shape index (κ3) is 8.73. The van der Waals surface area contributed by atoms with Gasteiger partial charge in [0.1, 0.15) is 11.8 Å². The van der Waals surface area contributed by atoms with Crippen LogP contribution in [-0.4, -0.2) is 43.8 Å². The summed E-state index contributed by atoms with van der Waals surface area (Å²) < 4.78 is 32.4. The smallest absolute Gasteiger partial charge is 0.247 e. The number of aromatic nitrogens is 1. The van der Waals surface area contributed by atoms with E-state index in [0.29, 0.717) is 24.3 Å². The van der Waals surface area contributed by atoms with E-state index in [1.165, 1.54) is 12.1 Å². The van der Waals surface area contributed by atoms with Crippen LogP contribution in [0.3, 0.4) is 0 Å². The van der Waals surface area contributed by atoms with Crippen molar-refractivity contribution in [2.75, 3.05) is 13.7 Å². The van der Waals surface area contributed by atoms with E-state index in [2.05, 4.69) is 15.0 Å². The zero-order valence-electron chi connectivity index (χ0n) is 24.3. The number of amides is 2. The minimum atomic E-state index is -3.57. The van der Waals surface area contributed by atoms with Gasteiger partial charge in [-0.3, -0.25) is 14.6 Å². The van der Waals surface area contributed by atoms with Crippen LogP contribution in [0.25, 0.3) is 0 Å². The van der Waals surface area contributed by atoms with Crippen molar-refractivity contribution in [1.82, 2.24) is 19.9 Å². The van der Waals surface area contributed by atoms with Crippen LogP contribution < -0.4 is 14.8 Å². The van der Waals surface area contributed by atoms with Gasteiger partial charge in [0.15, 0.2) is 0 Å². The molecule has 224 valence electrons. The number of nitrogens with zero attached hydrogens (tertiary/aromatic N) is 2. The van der Waals surface area contributed by atoms with E-state index in [4.69, 9.17) is 4.74 Å². The van der Waals surface area contributed by atoms with Crippen LogP contribution in [0.5, 0.6) is 5.75 Å². The highest BCUT2D eigenvalue weighted by Crippen LogP contribution is 2.26. The fourth-order valence-corrected chi connectivity index (χ4v) is 5.69. The number of hydrogen-bond donors (Lipinski definition) is 2. The van der Waals surface area contributed by atoms with Crippen molar-refractivity contribution in [3.63, 3.8) is 0 Å². The van der Waals surface area contributed by atoms with Crippen molar-refractivity contribution in [2.24, 2.45) is 0 Å². The van der Waals surface area contributed by atoms with Gasteiger partial charge in [-0.05, 0) is 59.0 Å². The lowest BCUT2D eigenvalue weighted by Crippen LogP contribution is -2.43. The molecule has 1 unspecified atom stereocenters. The van der Waals surface area contributed by atoms with Crippen LogP contribution in [0.2, 0.25) is 0 Å². The van der Waals surface area contributed by atoms with Crippen LogP contribution in [0.4, 0.5) is 0 Å². The van der Waals surface area contributed by atoms with Crippen molar-refractivity contribution in [2.45, 2.75) is 43.8 Å². The van der Waals surface area contributed by atoms with E-state index in [1.54, 1.807) is 49.5 Å². The van der Waals surface area contributed by atoms with E-state index in [9.17, 15) is 18.0 Å². The molecule has 0 bridgehead atoms. The lowest BCUT2D eigenvalue weighted by Gasteiger charge is -2.32. The van der Waals surface area contributed by atoms with Crippen molar-refractivity contribution < 1.29 is 22.7 Å². The molecule has 0 radical (unpaired) electrons. The molecule has 0 fully saturated rings. The quantitative estimate of drug-likeness (QED) is 0.222. The Labute approximate surface area is 253 Å². The fourth-order valence-electron chi connectivity index (χ4n) is 4.65. The second-order valence-corrected chi connectivity index (χ2v) is 11.7. The number of aryl methyl sites for hydroxylation is 1. The van der Waals surface area contributed by atoms with E-state index in [1.807, 2.05) is 60.7 Å². The van der Waals surface area contributed by atoms with E-state index >= 15 is 0 Å². The summed E-state index contributed by atoms with van der Waals surface area (Å²) in [6, 6.07) is 25.9. The van der Waals surface area contributed by atoms with Gasteiger partial charge in [0, 0.05) is 38.4 Å².